The van der Waals surface area contributed by atoms with Crippen molar-refractivity contribution in [2.45, 2.75) is 79.1 Å². The van der Waals surface area contributed by atoms with Gasteiger partial charge in [-0.3, -0.25) is 0 Å². The van der Waals surface area contributed by atoms with Crippen LogP contribution in [0, 0.1) is 0 Å². The van der Waals surface area contributed by atoms with Crippen LogP contribution in [-0.2, 0) is 9.68 Å². The summed E-state index contributed by atoms with van der Waals surface area (Å²) in [5.41, 5.74) is 0. The van der Waals surface area contributed by atoms with Crippen LogP contribution in [0.5, 0.6) is 0 Å². The van der Waals surface area contributed by atoms with Gasteiger partial charge in [0.15, 0.2) is 0 Å². The Kier molecular flexibility index (Phi) is 17.3. The zero-order chi connectivity index (χ0) is 18.4. The van der Waals surface area contributed by atoms with Crippen molar-refractivity contribution in [1.82, 2.24) is 0 Å². The van der Waals surface area contributed by atoms with E-state index in [4.69, 9.17) is 0 Å². The molecule has 2 nitrogen and oxygen atoms in total. The van der Waals surface area contributed by atoms with Gasteiger partial charge in [0.05, 0.1) is 26.2 Å². The van der Waals surface area contributed by atoms with Crippen molar-refractivity contribution < 1.29 is 14.2 Å². The average molecular weight is 764 g/mol. The Morgan fingerprint density at radius 3 is 0.913 bits per heavy atom. The van der Waals surface area contributed by atoms with E-state index in [1.165, 1.54) is 82.0 Å². The zero-order valence-electron chi connectivity index (χ0n) is 15.2. The van der Waals surface area contributed by atoms with Gasteiger partial charge in [0.2, 0.25) is 0 Å². The molecule has 0 unspecified atom stereocenters. The monoisotopic (exact) mass is 761 g/mol. The standard InChI is InChI=1S/C16H36N.4BrH.O.Re/c1-5-9-13-17(14-10-6-2,15-11-7-3)16-12-8-4;;;;;;/h5-16H2,1-4H3;4*1H;;/q+1;;;;;;+3/p-4. The molecule has 0 rings (SSSR count). The molecule has 0 fully saturated rings. The van der Waals surface area contributed by atoms with Gasteiger partial charge in [0.1, 0.15) is 0 Å². The fourth-order valence-electron chi connectivity index (χ4n) is 2.64. The summed E-state index contributed by atoms with van der Waals surface area (Å²) in [4.78, 5) is 0. The number of unbranched alkanes of at least 4 members (excludes halogenated alkanes) is 4. The molecule has 0 N–H and O–H groups in total. The van der Waals surface area contributed by atoms with Crippen molar-refractivity contribution in [3.63, 3.8) is 0 Å². The van der Waals surface area contributed by atoms with E-state index in [2.05, 4.69) is 81.4 Å². The quantitative estimate of drug-likeness (QED) is 0.183. The molecule has 0 amide bonds. The molecule has 146 valence electrons. The third-order valence-corrected chi connectivity index (χ3v) is 3.94. The minimum absolute atomic E-state index is 1.35. The van der Waals surface area contributed by atoms with Gasteiger partial charge >= 0.3 is 63.4 Å². The third kappa shape index (κ3) is 24.3. The zero-order valence-corrected chi connectivity index (χ0v) is 24.3. The van der Waals surface area contributed by atoms with Crippen molar-refractivity contribution >= 4 is 53.7 Å². The topological polar surface area (TPSA) is 17.1 Å². The summed E-state index contributed by atoms with van der Waals surface area (Å²) in [7, 11) is 0. The van der Waals surface area contributed by atoms with Crippen LogP contribution in [-0.4, -0.2) is 30.7 Å². The first-order chi connectivity index (χ1) is 10.5. The molecule has 0 aliphatic carbocycles. The summed E-state index contributed by atoms with van der Waals surface area (Å²) in [6.45, 7) is 15.0. The molecule has 0 aromatic rings. The van der Waals surface area contributed by atoms with E-state index < -0.39 is 6.21 Å². The van der Waals surface area contributed by atoms with Gasteiger partial charge in [-0.25, -0.2) is 0 Å². The molecule has 7 heteroatoms. The Balaban J connectivity index is 0. The van der Waals surface area contributed by atoms with Gasteiger partial charge in [-0.2, -0.15) is 0 Å². The summed E-state index contributed by atoms with van der Waals surface area (Å²) in [6, 6.07) is 0. The van der Waals surface area contributed by atoms with Gasteiger partial charge in [0.25, 0.3) is 0 Å². The molecule has 23 heavy (non-hydrogen) atoms. The summed E-state index contributed by atoms with van der Waals surface area (Å²) < 4.78 is 12.0. The molecule has 0 bridgehead atoms. The van der Waals surface area contributed by atoms with Crippen LogP contribution < -0.4 is 0 Å². The van der Waals surface area contributed by atoms with E-state index >= 15 is 0 Å². The van der Waals surface area contributed by atoms with Crippen LogP contribution in [0.1, 0.15) is 79.1 Å². The number of nitrogens with zero attached hydrogens (tertiary/aromatic N) is 1. The van der Waals surface area contributed by atoms with Gasteiger partial charge in [0, 0.05) is 0 Å². The van der Waals surface area contributed by atoms with E-state index in [0.29, 0.717) is 0 Å². The molecular formula is C16H36Br4NORe. The first kappa shape index (κ1) is 27.6. The van der Waals surface area contributed by atoms with E-state index in [1.54, 1.807) is 0 Å². The molecule has 0 heterocycles. The fourth-order valence-corrected chi connectivity index (χ4v) is 2.64. The Bertz CT molecular complexity index is 286. The van der Waals surface area contributed by atoms with Crippen molar-refractivity contribution in [2.75, 3.05) is 26.2 Å². The van der Waals surface area contributed by atoms with E-state index in [9.17, 15) is 3.47 Å². The Labute approximate surface area is 171 Å². The molecular weight excluding hydrogens is 728 g/mol. The molecule has 0 aromatic heterocycles. The third-order valence-electron chi connectivity index (χ3n) is 3.94. The molecule has 0 saturated carbocycles. The van der Waals surface area contributed by atoms with Crippen LogP contribution in [0.2, 0.25) is 0 Å². The SMILES string of the molecule is CCCC[N+](CCCC)(CCCC)CCCC.[O]=[Re-]([Br])([Br])([Br])[Br]. The van der Waals surface area contributed by atoms with E-state index in [-0.39, 0.29) is 0 Å². The summed E-state index contributed by atoms with van der Waals surface area (Å²) in [5, 5.41) is 0. The molecule has 0 saturated heterocycles. The molecule has 0 spiro atoms. The molecule has 0 aromatic carbocycles. The van der Waals surface area contributed by atoms with Gasteiger partial charge < -0.3 is 4.48 Å². The van der Waals surface area contributed by atoms with Crippen molar-refractivity contribution in [3.8, 4) is 0 Å². The van der Waals surface area contributed by atoms with Gasteiger partial charge in [-0.1, -0.05) is 53.4 Å². The molecule has 0 radical (unpaired) electrons. The number of quaternary nitrogens is 1. The summed E-state index contributed by atoms with van der Waals surface area (Å²) >= 11 is 11.5. The van der Waals surface area contributed by atoms with Crippen molar-refractivity contribution in [3.05, 3.63) is 0 Å². The Hall–Kier alpha value is 2.34. The second-order valence-corrected chi connectivity index (χ2v) is 87.2. The Morgan fingerprint density at radius 2 is 0.783 bits per heavy atom. The van der Waals surface area contributed by atoms with Gasteiger partial charge in [-0.05, 0) is 25.7 Å². The molecule has 0 aliphatic heterocycles. The van der Waals surface area contributed by atoms with E-state index in [1.807, 2.05) is 0 Å². The van der Waals surface area contributed by atoms with Crippen molar-refractivity contribution in [1.29, 1.82) is 0 Å². The summed E-state index contributed by atoms with van der Waals surface area (Å²) in [6.07, 6.45) is 7.36. The van der Waals surface area contributed by atoms with Crippen LogP contribution in [0.15, 0.2) is 0 Å². The number of hydrogen-bond acceptors (Lipinski definition) is 1. The number of hydrogen-bond donors (Lipinski definition) is 0. The van der Waals surface area contributed by atoms with Crippen LogP contribution >= 0.6 is 53.7 Å². The maximum absolute atomic E-state index is 10.6. The normalized spacial score (nSPS) is 13.8. The first-order valence-electron chi connectivity index (χ1n) is 8.82. The Morgan fingerprint density at radius 1 is 0.609 bits per heavy atom. The average Bonchev–Trinajstić information content (AvgIpc) is 2.43. The summed E-state index contributed by atoms with van der Waals surface area (Å²) in [5.74, 6) is 0. The van der Waals surface area contributed by atoms with Crippen LogP contribution in [0.3, 0.4) is 0 Å². The van der Waals surface area contributed by atoms with Crippen LogP contribution in [0.25, 0.3) is 0 Å². The maximum atomic E-state index is 10.6. The second-order valence-electron chi connectivity index (χ2n) is 6.21. The fraction of sp³-hybridized carbons (Fsp3) is 1.00. The van der Waals surface area contributed by atoms with E-state index in [0.717, 1.165) is 0 Å². The first-order valence-corrected chi connectivity index (χ1v) is 33.7. The minimum atomic E-state index is -3.70. The predicted octanol–water partition coefficient (Wildman–Crippen LogP) is 8.26. The van der Waals surface area contributed by atoms with Crippen LogP contribution in [0.4, 0.5) is 0 Å². The predicted molar refractivity (Wildman–Crippen MR) is 116 cm³/mol. The van der Waals surface area contributed by atoms with Crippen molar-refractivity contribution in [2.24, 2.45) is 0 Å². The molecule has 0 atom stereocenters. The second kappa shape index (κ2) is 14.4. The number of halogens is 4. The van der Waals surface area contributed by atoms with Gasteiger partial charge in [-0.15, -0.1) is 0 Å². The number of rotatable bonds is 12. The molecule has 0 aliphatic rings.